The second-order valence-corrected chi connectivity index (χ2v) is 7.00. The highest BCUT2D eigenvalue weighted by molar-refractivity contribution is 5.91. The number of nitrogens with one attached hydrogen (secondary N) is 1. The van der Waals surface area contributed by atoms with E-state index in [-0.39, 0.29) is 23.3 Å². The van der Waals surface area contributed by atoms with E-state index < -0.39 is 0 Å². The van der Waals surface area contributed by atoms with Crippen molar-refractivity contribution in [3.63, 3.8) is 0 Å². The predicted octanol–water partition coefficient (Wildman–Crippen LogP) is 1.80. The lowest BCUT2D eigenvalue weighted by atomic mass is 9.97. The number of H-pyrrole nitrogens is 1. The molecule has 136 valence electrons. The maximum Gasteiger partial charge on any atom is 0.343 e. The number of nitrogens with zero attached hydrogens (tertiary/aromatic N) is 4. The number of carbonyl (C=O) groups is 1. The van der Waals surface area contributed by atoms with Crippen LogP contribution in [-0.4, -0.2) is 43.8 Å². The van der Waals surface area contributed by atoms with Gasteiger partial charge in [0.1, 0.15) is 5.82 Å². The van der Waals surface area contributed by atoms with Crippen LogP contribution < -0.4 is 5.69 Å². The average Bonchev–Trinajstić information content (AvgIpc) is 3.20. The third-order valence-electron chi connectivity index (χ3n) is 4.56. The first-order chi connectivity index (χ1) is 12.0. The molecule has 0 bridgehead atoms. The zero-order valence-corrected chi connectivity index (χ0v) is 15.0. The number of piperidine rings is 1. The number of amides is 1. The minimum Gasteiger partial charge on any atom is -0.351 e. The standard InChI is InChI=1S/C17H25N5O3/c1-4-22-15(18-19-17(22)24)12-6-5-7-21(10-12)16(23)14-9-13(20-25-14)8-11(2)3/h9,11-12H,4-8,10H2,1-3H3,(H,19,24)/t12-/m0/s1. The maximum atomic E-state index is 12.7. The predicted molar refractivity (Wildman–Crippen MR) is 91.4 cm³/mol. The summed E-state index contributed by atoms with van der Waals surface area (Å²) in [4.78, 5) is 26.3. The van der Waals surface area contributed by atoms with Gasteiger partial charge in [-0.25, -0.2) is 9.89 Å². The third-order valence-corrected chi connectivity index (χ3v) is 4.56. The first-order valence-electron chi connectivity index (χ1n) is 8.89. The van der Waals surface area contributed by atoms with Crippen LogP contribution in [0.2, 0.25) is 0 Å². The minimum atomic E-state index is -0.200. The molecular weight excluding hydrogens is 322 g/mol. The van der Waals surface area contributed by atoms with Gasteiger partial charge in [-0.15, -0.1) is 0 Å². The van der Waals surface area contributed by atoms with E-state index >= 15 is 0 Å². The van der Waals surface area contributed by atoms with E-state index in [1.165, 1.54) is 0 Å². The molecule has 8 nitrogen and oxygen atoms in total. The van der Waals surface area contributed by atoms with Crippen LogP contribution in [0.4, 0.5) is 0 Å². The van der Waals surface area contributed by atoms with Crippen molar-refractivity contribution in [2.24, 2.45) is 5.92 Å². The van der Waals surface area contributed by atoms with Crippen LogP contribution in [0.25, 0.3) is 0 Å². The molecule has 1 N–H and O–H groups in total. The van der Waals surface area contributed by atoms with Crippen LogP contribution >= 0.6 is 0 Å². The van der Waals surface area contributed by atoms with Gasteiger partial charge in [0.05, 0.1) is 5.69 Å². The van der Waals surface area contributed by atoms with E-state index in [1.807, 2.05) is 6.92 Å². The summed E-state index contributed by atoms with van der Waals surface area (Å²) in [7, 11) is 0. The molecule has 0 aromatic carbocycles. The second-order valence-electron chi connectivity index (χ2n) is 7.00. The Bertz CT molecular complexity index is 788. The molecule has 25 heavy (non-hydrogen) atoms. The molecule has 0 radical (unpaired) electrons. The molecule has 2 aromatic rings. The SMILES string of the molecule is CCn1c([C@H]2CCCN(C(=O)c3cc(CC(C)C)no3)C2)n[nH]c1=O. The number of aromatic amines is 1. The van der Waals surface area contributed by atoms with Crippen LogP contribution in [0.15, 0.2) is 15.4 Å². The van der Waals surface area contributed by atoms with E-state index in [4.69, 9.17) is 4.52 Å². The van der Waals surface area contributed by atoms with Gasteiger partial charge in [0, 0.05) is 31.6 Å². The molecule has 0 saturated carbocycles. The van der Waals surface area contributed by atoms with Crippen LogP contribution in [0.1, 0.15) is 61.6 Å². The molecule has 8 heteroatoms. The van der Waals surface area contributed by atoms with Crippen LogP contribution in [-0.2, 0) is 13.0 Å². The van der Waals surface area contributed by atoms with Crippen molar-refractivity contribution in [3.05, 3.63) is 33.8 Å². The second kappa shape index (κ2) is 7.25. The van der Waals surface area contributed by atoms with Crippen LogP contribution in [0, 0.1) is 5.92 Å². The van der Waals surface area contributed by atoms with E-state index in [0.717, 1.165) is 30.8 Å². The van der Waals surface area contributed by atoms with Crippen molar-refractivity contribution < 1.29 is 9.32 Å². The van der Waals surface area contributed by atoms with Gasteiger partial charge < -0.3 is 9.42 Å². The number of hydrogen-bond donors (Lipinski definition) is 1. The zero-order chi connectivity index (χ0) is 18.0. The van der Waals surface area contributed by atoms with Crippen molar-refractivity contribution in [1.29, 1.82) is 0 Å². The van der Waals surface area contributed by atoms with Crippen molar-refractivity contribution in [1.82, 2.24) is 24.8 Å². The normalized spacial score (nSPS) is 18.1. The van der Waals surface area contributed by atoms with Gasteiger partial charge in [-0.2, -0.15) is 5.10 Å². The quantitative estimate of drug-likeness (QED) is 0.889. The Morgan fingerprint density at radius 2 is 2.28 bits per heavy atom. The Kier molecular flexibility index (Phi) is 5.06. The summed E-state index contributed by atoms with van der Waals surface area (Å²) < 4.78 is 6.89. The summed E-state index contributed by atoms with van der Waals surface area (Å²) in [5, 5.41) is 10.7. The fourth-order valence-corrected chi connectivity index (χ4v) is 3.40. The first-order valence-corrected chi connectivity index (χ1v) is 8.89. The zero-order valence-electron chi connectivity index (χ0n) is 15.0. The fraction of sp³-hybridized carbons (Fsp3) is 0.647. The van der Waals surface area contributed by atoms with E-state index in [1.54, 1.807) is 15.5 Å². The summed E-state index contributed by atoms with van der Waals surface area (Å²) in [6.07, 6.45) is 2.56. The lowest BCUT2D eigenvalue weighted by molar-refractivity contribution is 0.0661. The highest BCUT2D eigenvalue weighted by Gasteiger charge is 2.30. The lowest BCUT2D eigenvalue weighted by Crippen LogP contribution is -2.40. The van der Waals surface area contributed by atoms with E-state index in [2.05, 4.69) is 29.2 Å². The molecular formula is C17H25N5O3. The molecule has 1 saturated heterocycles. The lowest BCUT2D eigenvalue weighted by Gasteiger charge is -2.31. The molecule has 1 amide bonds. The first kappa shape index (κ1) is 17.4. The Morgan fingerprint density at radius 1 is 1.48 bits per heavy atom. The molecule has 3 heterocycles. The average molecular weight is 347 g/mol. The van der Waals surface area contributed by atoms with Crippen molar-refractivity contribution in [3.8, 4) is 0 Å². The summed E-state index contributed by atoms with van der Waals surface area (Å²) in [5.41, 5.74) is 0.605. The van der Waals surface area contributed by atoms with E-state index in [0.29, 0.717) is 25.6 Å². The number of rotatable bonds is 5. The molecule has 1 aliphatic heterocycles. The smallest absolute Gasteiger partial charge is 0.343 e. The van der Waals surface area contributed by atoms with Gasteiger partial charge in [-0.05, 0) is 32.1 Å². The van der Waals surface area contributed by atoms with Gasteiger partial charge in [0.25, 0.3) is 5.91 Å². The van der Waals surface area contributed by atoms with Gasteiger partial charge >= 0.3 is 5.69 Å². The van der Waals surface area contributed by atoms with Crippen LogP contribution in [0.3, 0.4) is 0 Å². The molecule has 0 spiro atoms. The van der Waals surface area contributed by atoms with Gasteiger partial charge in [0.15, 0.2) is 0 Å². The third kappa shape index (κ3) is 3.67. The fourth-order valence-electron chi connectivity index (χ4n) is 3.40. The van der Waals surface area contributed by atoms with Gasteiger partial charge in [-0.1, -0.05) is 19.0 Å². The molecule has 1 fully saturated rings. The maximum absolute atomic E-state index is 12.7. The Labute approximate surface area is 146 Å². The summed E-state index contributed by atoms with van der Waals surface area (Å²) in [6, 6.07) is 1.74. The largest absolute Gasteiger partial charge is 0.351 e. The molecule has 0 aliphatic carbocycles. The Balaban J connectivity index is 1.73. The van der Waals surface area contributed by atoms with Crippen molar-refractivity contribution in [2.45, 2.75) is 52.5 Å². The van der Waals surface area contributed by atoms with Crippen molar-refractivity contribution in [2.75, 3.05) is 13.1 Å². The van der Waals surface area contributed by atoms with Crippen LogP contribution in [0.5, 0.6) is 0 Å². The Hall–Kier alpha value is -2.38. The molecule has 2 aromatic heterocycles. The molecule has 1 aliphatic rings. The molecule has 1 atom stereocenters. The Morgan fingerprint density at radius 3 is 3.00 bits per heavy atom. The number of hydrogen-bond acceptors (Lipinski definition) is 5. The number of carbonyl (C=O) groups excluding carboxylic acids is 1. The highest BCUT2D eigenvalue weighted by Crippen LogP contribution is 2.26. The topological polar surface area (TPSA) is 97.0 Å². The van der Waals surface area contributed by atoms with Gasteiger partial charge in [0.2, 0.25) is 5.76 Å². The summed E-state index contributed by atoms with van der Waals surface area (Å²) >= 11 is 0. The summed E-state index contributed by atoms with van der Waals surface area (Å²) in [5.74, 6) is 1.37. The number of likely N-dealkylation sites (tertiary alicyclic amines) is 1. The highest BCUT2D eigenvalue weighted by atomic mass is 16.5. The molecule has 3 rings (SSSR count). The van der Waals surface area contributed by atoms with Crippen molar-refractivity contribution >= 4 is 5.91 Å². The summed E-state index contributed by atoms with van der Waals surface area (Å²) in [6.45, 7) is 7.89. The monoisotopic (exact) mass is 347 g/mol. The minimum absolute atomic E-state index is 0.0506. The van der Waals surface area contributed by atoms with Gasteiger partial charge in [-0.3, -0.25) is 9.36 Å². The number of aromatic nitrogens is 4. The molecule has 0 unspecified atom stereocenters. The van der Waals surface area contributed by atoms with E-state index in [9.17, 15) is 9.59 Å².